The molecule has 2 fully saturated rings. The lowest BCUT2D eigenvalue weighted by atomic mass is 9.92. The Morgan fingerprint density at radius 1 is 0.500 bits per heavy atom. The van der Waals surface area contributed by atoms with E-state index in [2.05, 4.69) is 47.4 Å². The topological polar surface area (TPSA) is 3.24 Å². The molecule has 0 radical (unpaired) electrons. The van der Waals surface area contributed by atoms with Crippen molar-refractivity contribution >= 4 is 6.08 Å². The van der Waals surface area contributed by atoms with Crippen LogP contribution in [0.15, 0.2) is 36.4 Å². The van der Waals surface area contributed by atoms with Gasteiger partial charge >= 0.3 is 0 Å². The summed E-state index contributed by atoms with van der Waals surface area (Å²) in [5.41, 5.74) is 1.35. The average Bonchev–Trinajstić information content (AvgIpc) is 2.84. The van der Waals surface area contributed by atoms with Gasteiger partial charge in [-0.15, -0.1) is 0 Å². The summed E-state index contributed by atoms with van der Waals surface area (Å²) in [6.45, 7) is 1.14. The van der Waals surface area contributed by atoms with E-state index in [9.17, 15) is 0 Å². The monoisotopic (exact) mass is 465 g/mol. The number of nitrogens with zero attached hydrogens (tertiary/aromatic N) is 1. The van der Waals surface area contributed by atoms with Gasteiger partial charge in [0.05, 0.1) is 0 Å². The highest BCUT2D eigenvalue weighted by Gasteiger charge is 2.25. The van der Waals surface area contributed by atoms with Gasteiger partial charge in [0.1, 0.15) is 0 Å². The molecule has 0 spiro atoms. The first-order valence-electron chi connectivity index (χ1n) is 15.4. The molecule has 0 aromatic heterocycles. The molecule has 0 heterocycles. The van der Waals surface area contributed by atoms with Crippen molar-refractivity contribution in [3.05, 3.63) is 42.0 Å². The lowest BCUT2D eigenvalue weighted by Crippen LogP contribution is -2.43. The van der Waals surface area contributed by atoms with Crippen LogP contribution >= 0.6 is 0 Å². The van der Waals surface area contributed by atoms with Crippen LogP contribution in [0.4, 0.5) is 0 Å². The maximum absolute atomic E-state index is 3.01. The number of hydrogen-bond donors (Lipinski definition) is 0. The molecular weight excluding hydrogens is 410 g/mol. The van der Waals surface area contributed by atoms with E-state index in [4.69, 9.17) is 0 Å². The molecule has 2 aliphatic rings. The molecule has 0 atom stereocenters. The van der Waals surface area contributed by atoms with Crippen molar-refractivity contribution in [1.29, 1.82) is 0 Å². The molecular formula is C33H55N. The van der Waals surface area contributed by atoms with Crippen LogP contribution in [-0.2, 0) is 0 Å². The van der Waals surface area contributed by atoms with Crippen molar-refractivity contribution < 1.29 is 0 Å². The molecule has 34 heavy (non-hydrogen) atoms. The van der Waals surface area contributed by atoms with E-state index in [1.807, 2.05) is 0 Å². The van der Waals surface area contributed by atoms with Crippen LogP contribution in [0.1, 0.15) is 147 Å². The fourth-order valence-electron chi connectivity index (χ4n) is 6.42. The second kappa shape index (κ2) is 18.2. The predicted octanol–water partition coefficient (Wildman–Crippen LogP) is 10.3. The summed E-state index contributed by atoms with van der Waals surface area (Å²) in [6.07, 6.45) is 36.8. The zero-order valence-corrected chi connectivity index (χ0v) is 22.4. The maximum Gasteiger partial charge on any atom is 0.0172 e. The van der Waals surface area contributed by atoms with Gasteiger partial charge in [0, 0.05) is 18.6 Å². The molecule has 0 bridgehead atoms. The van der Waals surface area contributed by atoms with Gasteiger partial charge in [-0.25, -0.2) is 0 Å². The quantitative estimate of drug-likeness (QED) is 0.418. The Balaban J connectivity index is 1.70. The van der Waals surface area contributed by atoms with E-state index in [1.54, 1.807) is 0 Å². The van der Waals surface area contributed by atoms with E-state index in [1.165, 1.54) is 147 Å². The van der Waals surface area contributed by atoms with E-state index < -0.39 is 0 Å². The van der Waals surface area contributed by atoms with Gasteiger partial charge in [-0.05, 0) is 31.2 Å². The van der Waals surface area contributed by atoms with Crippen molar-refractivity contribution in [2.75, 3.05) is 6.54 Å². The number of benzene rings is 1. The molecule has 192 valence electrons. The summed E-state index contributed by atoms with van der Waals surface area (Å²) in [5, 5.41) is 0. The minimum Gasteiger partial charge on any atom is -0.294 e. The first kappa shape index (κ1) is 27.5. The summed E-state index contributed by atoms with van der Waals surface area (Å²) in [6, 6.07) is 12.5. The first-order valence-corrected chi connectivity index (χ1v) is 15.4. The molecule has 3 rings (SSSR count). The molecule has 2 saturated carbocycles. The standard InChI is InChI=1S/C33H55N/c1-3-7-11-18-26-32(27-19-12-8-4-1)34(30-22-25-31-23-16-15-17-24-31)33-28-20-13-9-5-2-6-10-14-21-29-33/h15-17,22-25,32-33H,1-14,18-21,26-30H2. The normalized spacial score (nSPS) is 22.5. The Labute approximate surface area is 212 Å². The van der Waals surface area contributed by atoms with Gasteiger partial charge < -0.3 is 0 Å². The third kappa shape index (κ3) is 11.6. The minimum absolute atomic E-state index is 0.790. The Morgan fingerprint density at radius 2 is 0.853 bits per heavy atom. The largest absolute Gasteiger partial charge is 0.294 e. The van der Waals surface area contributed by atoms with Crippen molar-refractivity contribution in [2.45, 2.75) is 153 Å². The minimum atomic E-state index is 0.790. The maximum atomic E-state index is 3.01. The van der Waals surface area contributed by atoms with Crippen LogP contribution in [0.2, 0.25) is 0 Å². The fourth-order valence-corrected chi connectivity index (χ4v) is 6.42. The summed E-state index contributed by atoms with van der Waals surface area (Å²) in [5.74, 6) is 0. The van der Waals surface area contributed by atoms with Gasteiger partial charge in [-0.3, -0.25) is 4.90 Å². The molecule has 1 aromatic carbocycles. The van der Waals surface area contributed by atoms with E-state index >= 15 is 0 Å². The molecule has 0 amide bonds. The molecule has 1 aromatic rings. The second-order valence-electron chi connectivity index (χ2n) is 11.3. The van der Waals surface area contributed by atoms with Crippen LogP contribution in [-0.4, -0.2) is 23.5 Å². The first-order chi connectivity index (χ1) is 16.9. The molecule has 2 aliphatic carbocycles. The zero-order chi connectivity index (χ0) is 23.5. The van der Waals surface area contributed by atoms with Crippen LogP contribution in [0, 0.1) is 0 Å². The smallest absolute Gasteiger partial charge is 0.0172 e. The van der Waals surface area contributed by atoms with E-state index in [0.717, 1.165) is 18.6 Å². The SMILES string of the molecule is C(=Cc1ccccc1)CN(C1CCCCCCCCCCC1)C1CCCCCCCCCCC1. The molecule has 0 saturated heterocycles. The third-order valence-corrected chi connectivity index (χ3v) is 8.51. The van der Waals surface area contributed by atoms with Crippen molar-refractivity contribution in [2.24, 2.45) is 0 Å². The highest BCUT2D eigenvalue weighted by molar-refractivity contribution is 5.48. The lowest BCUT2D eigenvalue weighted by molar-refractivity contribution is 0.112. The van der Waals surface area contributed by atoms with Gasteiger partial charge in [-0.2, -0.15) is 0 Å². The molecule has 1 nitrogen and oxygen atoms in total. The second-order valence-corrected chi connectivity index (χ2v) is 11.3. The van der Waals surface area contributed by atoms with Gasteiger partial charge in [0.15, 0.2) is 0 Å². The van der Waals surface area contributed by atoms with Gasteiger partial charge in [-0.1, -0.05) is 158 Å². The van der Waals surface area contributed by atoms with Gasteiger partial charge in [0.25, 0.3) is 0 Å². The lowest BCUT2D eigenvalue weighted by Gasteiger charge is -2.39. The Bertz CT molecular complexity index is 567. The van der Waals surface area contributed by atoms with Crippen molar-refractivity contribution in [3.8, 4) is 0 Å². The van der Waals surface area contributed by atoms with Crippen molar-refractivity contribution in [1.82, 2.24) is 4.90 Å². The fraction of sp³-hybridized carbons (Fsp3) is 0.758. The summed E-state index contributed by atoms with van der Waals surface area (Å²) in [7, 11) is 0. The van der Waals surface area contributed by atoms with Crippen LogP contribution in [0.3, 0.4) is 0 Å². The third-order valence-electron chi connectivity index (χ3n) is 8.51. The zero-order valence-electron chi connectivity index (χ0n) is 22.4. The highest BCUT2D eigenvalue weighted by atomic mass is 15.2. The van der Waals surface area contributed by atoms with Crippen LogP contribution < -0.4 is 0 Å². The predicted molar refractivity (Wildman–Crippen MR) is 151 cm³/mol. The van der Waals surface area contributed by atoms with Gasteiger partial charge in [0.2, 0.25) is 0 Å². The highest BCUT2D eigenvalue weighted by Crippen LogP contribution is 2.27. The Morgan fingerprint density at radius 3 is 1.24 bits per heavy atom. The Kier molecular flexibility index (Phi) is 14.7. The number of hydrogen-bond acceptors (Lipinski definition) is 1. The Hall–Kier alpha value is -1.08. The molecule has 0 aliphatic heterocycles. The molecule has 1 heteroatoms. The van der Waals surface area contributed by atoms with Crippen molar-refractivity contribution in [3.63, 3.8) is 0 Å². The summed E-state index contributed by atoms with van der Waals surface area (Å²) >= 11 is 0. The van der Waals surface area contributed by atoms with Crippen LogP contribution in [0.5, 0.6) is 0 Å². The number of rotatable bonds is 5. The summed E-state index contributed by atoms with van der Waals surface area (Å²) < 4.78 is 0. The molecule has 0 N–H and O–H groups in total. The molecule has 0 unspecified atom stereocenters. The average molecular weight is 466 g/mol. The van der Waals surface area contributed by atoms with Crippen LogP contribution in [0.25, 0.3) is 6.08 Å². The summed E-state index contributed by atoms with van der Waals surface area (Å²) in [4.78, 5) is 3.01. The van der Waals surface area contributed by atoms with E-state index in [-0.39, 0.29) is 0 Å². The van der Waals surface area contributed by atoms with E-state index in [0.29, 0.717) is 0 Å².